The monoisotopic (exact) mass is 365 g/mol. The number of ether oxygens (including phenoxy) is 1. The van der Waals surface area contributed by atoms with Crippen LogP contribution >= 0.6 is 27.7 Å². The van der Waals surface area contributed by atoms with Gasteiger partial charge < -0.3 is 10.1 Å². The zero-order valence-electron chi connectivity index (χ0n) is 12.1. The third-order valence-corrected chi connectivity index (χ3v) is 4.70. The second kappa shape index (κ2) is 9.13. The van der Waals surface area contributed by atoms with Gasteiger partial charge in [0.2, 0.25) is 0 Å². The Hall–Kier alpha value is -0.970. The molecule has 2 rings (SSSR count). The van der Waals surface area contributed by atoms with E-state index in [1.165, 1.54) is 10.5 Å². The van der Waals surface area contributed by atoms with Gasteiger partial charge in [0, 0.05) is 21.7 Å². The number of benzene rings is 2. The van der Waals surface area contributed by atoms with E-state index >= 15 is 0 Å². The van der Waals surface area contributed by atoms with Gasteiger partial charge in [0.15, 0.2) is 0 Å². The van der Waals surface area contributed by atoms with Gasteiger partial charge in [-0.1, -0.05) is 41.1 Å². The minimum atomic E-state index is 0.710. The van der Waals surface area contributed by atoms with Crippen molar-refractivity contribution in [1.82, 2.24) is 5.32 Å². The van der Waals surface area contributed by atoms with E-state index in [2.05, 4.69) is 58.5 Å². The van der Waals surface area contributed by atoms with Crippen LogP contribution in [-0.2, 0) is 6.54 Å². The fourth-order valence-electron chi connectivity index (χ4n) is 1.87. The third-order valence-electron chi connectivity index (χ3n) is 2.95. The SMILES string of the molecule is CCNCc1cc(OCCSc2ccccc2)ccc1Br. The van der Waals surface area contributed by atoms with Gasteiger partial charge in [0.1, 0.15) is 5.75 Å². The Kier molecular flexibility index (Phi) is 7.13. The number of thioether (sulfide) groups is 1. The Morgan fingerprint density at radius 1 is 1.14 bits per heavy atom. The van der Waals surface area contributed by atoms with Crippen molar-refractivity contribution in [1.29, 1.82) is 0 Å². The first-order chi connectivity index (χ1) is 10.3. The molecule has 2 aromatic rings. The van der Waals surface area contributed by atoms with Crippen LogP contribution in [-0.4, -0.2) is 18.9 Å². The molecule has 0 fully saturated rings. The van der Waals surface area contributed by atoms with Crippen LogP contribution in [0.4, 0.5) is 0 Å². The largest absolute Gasteiger partial charge is 0.493 e. The van der Waals surface area contributed by atoms with E-state index in [9.17, 15) is 0 Å². The topological polar surface area (TPSA) is 21.3 Å². The summed E-state index contributed by atoms with van der Waals surface area (Å²) in [5, 5.41) is 3.33. The molecule has 0 saturated carbocycles. The Morgan fingerprint density at radius 2 is 1.95 bits per heavy atom. The van der Waals surface area contributed by atoms with Crippen molar-refractivity contribution in [3.05, 3.63) is 58.6 Å². The van der Waals surface area contributed by atoms with E-state index in [1.807, 2.05) is 30.0 Å². The highest BCUT2D eigenvalue weighted by atomic mass is 79.9. The summed E-state index contributed by atoms with van der Waals surface area (Å²) in [7, 11) is 0. The van der Waals surface area contributed by atoms with Crippen LogP contribution < -0.4 is 10.1 Å². The van der Waals surface area contributed by atoms with E-state index in [0.717, 1.165) is 29.1 Å². The van der Waals surface area contributed by atoms with Crippen LogP contribution in [0.1, 0.15) is 12.5 Å². The van der Waals surface area contributed by atoms with E-state index in [-0.39, 0.29) is 0 Å². The van der Waals surface area contributed by atoms with Gasteiger partial charge in [0.25, 0.3) is 0 Å². The van der Waals surface area contributed by atoms with E-state index < -0.39 is 0 Å². The highest BCUT2D eigenvalue weighted by Crippen LogP contribution is 2.23. The van der Waals surface area contributed by atoms with Gasteiger partial charge in [-0.3, -0.25) is 0 Å². The van der Waals surface area contributed by atoms with Crippen molar-refractivity contribution >= 4 is 27.7 Å². The molecule has 0 atom stereocenters. The molecule has 0 radical (unpaired) electrons. The molecule has 0 aliphatic rings. The normalized spacial score (nSPS) is 10.6. The molecule has 0 saturated heterocycles. The molecule has 2 nitrogen and oxygen atoms in total. The average molecular weight is 366 g/mol. The van der Waals surface area contributed by atoms with Gasteiger partial charge in [0.05, 0.1) is 6.61 Å². The van der Waals surface area contributed by atoms with Crippen molar-refractivity contribution in [3.8, 4) is 5.75 Å². The number of hydrogen-bond acceptors (Lipinski definition) is 3. The van der Waals surface area contributed by atoms with E-state index in [1.54, 1.807) is 0 Å². The lowest BCUT2D eigenvalue weighted by molar-refractivity contribution is 0.343. The van der Waals surface area contributed by atoms with E-state index in [4.69, 9.17) is 4.74 Å². The number of rotatable bonds is 8. The quantitative estimate of drug-likeness (QED) is 0.539. The number of hydrogen-bond donors (Lipinski definition) is 1. The molecule has 1 N–H and O–H groups in total. The first-order valence-electron chi connectivity index (χ1n) is 7.09. The maximum Gasteiger partial charge on any atom is 0.119 e. The van der Waals surface area contributed by atoms with Gasteiger partial charge in [-0.25, -0.2) is 0 Å². The lowest BCUT2D eigenvalue weighted by atomic mass is 10.2. The average Bonchev–Trinajstić information content (AvgIpc) is 2.52. The molecule has 0 heterocycles. The Labute approximate surface area is 139 Å². The van der Waals surface area contributed by atoms with Crippen molar-refractivity contribution in [2.24, 2.45) is 0 Å². The van der Waals surface area contributed by atoms with Gasteiger partial charge in [-0.2, -0.15) is 0 Å². The highest BCUT2D eigenvalue weighted by molar-refractivity contribution is 9.10. The summed E-state index contributed by atoms with van der Waals surface area (Å²) in [5.74, 6) is 1.88. The third kappa shape index (κ3) is 5.73. The molecule has 0 aliphatic heterocycles. The van der Waals surface area contributed by atoms with Crippen LogP contribution in [0, 0.1) is 0 Å². The van der Waals surface area contributed by atoms with Crippen molar-refractivity contribution < 1.29 is 4.74 Å². The molecule has 0 amide bonds. The molecule has 2 aromatic carbocycles. The van der Waals surface area contributed by atoms with Gasteiger partial charge in [-0.05, 0) is 42.4 Å². The van der Waals surface area contributed by atoms with E-state index in [0.29, 0.717) is 6.61 Å². The van der Waals surface area contributed by atoms with Crippen molar-refractivity contribution in [3.63, 3.8) is 0 Å². The predicted octanol–water partition coefficient (Wildman–Crippen LogP) is 4.73. The first kappa shape index (κ1) is 16.4. The molecule has 0 aliphatic carbocycles. The summed E-state index contributed by atoms with van der Waals surface area (Å²) < 4.78 is 6.95. The standard InChI is InChI=1S/C17H20BrNOS/c1-2-19-13-14-12-15(8-9-17(14)18)20-10-11-21-16-6-4-3-5-7-16/h3-9,12,19H,2,10-11,13H2,1H3. The molecule has 112 valence electrons. The molecule has 0 bridgehead atoms. The molecular formula is C17H20BrNOS. The Morgan fingerprint density at radius 3 is 2.71 bits per heavy atom. The molecule has 0 spiro atoms. The summed E-state index contributed by atoms with van der Waals surface area (Å²) in [6.45, 7) is 4.63. The first-order valence-corrected chi connectivity index (χ1v) is 8.87. The molecular weight excluding hydrogens is 346 g/mol. The maximum absolute atomic E-state index is 5.83. The molecule has 21 heavy (non-hydrogen) atoms. The smallest absolute Gasteiger partial charge is 0.119 e. The zero-order chi connectivity index (χ0) is 14.9. The maximum atomic E-state index is 5.83. The van der Waals surface area contributed by atoms with Gasteiger partial charge in [-0.15, -0.1) is 11.8 Å². The molecule has 4 heteroatoms. The summed E-state index contributed by atoms with van der Waals surface area (Å²) in [4.78, 5) is 1.28. The second-order valence-electron chi connectivity index (χ2n) is 4.54. The van der Waals surface area contributed by atoms with Crippen LogP contribution in [0.25, 0.3) is 0 Å². The minimum absolute atomic E-state index is 0.710. The molecule has 0 unspecified atom stereocenters. The zero-order valence-corrected chi connectivity index (χ0v) is 14.5. The summed E-state index contributed by atoms with van der Waals surface area (Å²) in [6.07, 6.45) is 0. The summed E-state index contributed by atoms with van der Waals surface area (Å²) in [6, 6.07) is 16.6. The van der Waals surface area contributed by atoms with Crippen LogP contribution in [0.3, 0.4) is 0 Å². The number of halogens is 1. The van der Waals surface area contributed by atoms with Crippen molar-refractivity contribution in [2.45, 2.75) is 18.4 Å². The van der Waals surface area contributed by atoms with Crippen LogP contribution in [0.5, 0.6) is 5.75 Å². The fourth-order valence-corrected chi connectivity index (χ4v) is 3.01. The summed E-state index contributed by atoms with van der Waals surface area (Å²) >= 11 is 5.39. The minimum Gasteiger partial charge on any atom is -0.493 e. The van der Waals surface area contributed by atoms with Gasteiger partial charge >= 0.3 is 0 Å². The lowest BCUT2D eigenvalue weighted by Crippen LogP contribution is -2.12. The second-order valence-corrected chi connectivity index (χ2v) is 6.57. The summed E-state index contributed by atoms with van der Waals surface area (Å²) in [5.41, 5.74) is 1.23. The number of nitrogens with one attached hydrogen (secondary N) is 1. The van der Waals surface area contributed by atoms with Crippen LogP contribution in [0.15, 0.2) is 57.9 Å². The predicted molar refractivity (Wildman–Crippen MR) is 94.2 cm³/mol. The Bertz CT molecular complexity index is 548. The molecule has 0 aromatic heterocycles. The highest BCUT2D eigenvalue weighted by Gasteiger charge is 2.02. The van der Waals surface area contributed by atoms with Crippen molar-refractivity contribution in [2.75, 3.05) is 18.9 Å². The lowest BCUT2D eigenvalue weighted by Gasteiger charge is -2.10. The fraction of sp³-hybridized carbons (Fsp3) is 0.294. The van der Waals surface area contributed by atoms with Crippen LogP contribution in [0.2, 0.25) is 0 Å². The Balaban J connectivity index is 1.80.